The van der Waals surface area contributed by atoms with E-state index in [1.807, 2.05) is 7.05 Å². The zero-order valence-electron chi connectivity index (χ0n) is 11.9. The molecule has 17 heavy (non-hydrogen) atoms. The number of rotatable bonds is 8. The Kier molecular flexibility index (Phi) is 7.28. The molecule has 0 atom stereocenters. The lowest BCUT2D eigenvalue weighted by molar-refractivity contribution is 0.336. The minimum absolute atomic E-state index is 0.183. The summed E-state index contributed by atoms with van der Waals surface area (Å²) in [4.78, 5) is 2.08. The topological polar surface area (TPSA) is 49.4 Å². The van der Waals surface area contributed by atoms with Gasteiger partial charge in [0.05, 0.1) is 5.75 Å². The number of unbranched alkanes of at least 4 members (excludes halogenated alkanes) is 1. The third kappa shape index (κ3) is 13.8. The molecule has 0 aliphatic carbocycles. The fourth-order valence-corrected chi connectivity index (χ4v) is 2.05. The third-order valence-electron chi connectivity index (χ3n) is 2.47. The minimum Gasteiger partial charge on any atom is -0.312 e. The van der Waals surface area contributed by atoms with Crippen molar-refractivity contribution in [2.45, 2.75) is 39.2 Å². The van der Waals surface area contributed by atoms with Crippen LogP contribution in [0.15, 0.2) is 0 Å². The van der Waals surface area contributed by atoms with Crippen molar-refractivity contribution in [1.82, 2.24) is 10.2 Å². The van der Waals surface area contributed by atoms with Crippen molar-refractivity contribution in [3.8, 4) is 0 Å². The Labute approximate surface area is 107 Å². The largest absolute Gasteiger partial charge is 0.312 e. The molecule has 0 aromatic rings. The highest BCUT2D eigenvalue weighted by atomic mass is 32.2. The molecular weight excluding hydrogens is 236 g/mol. The molecule has 5 heteroatoms. The quantitative estimate of drug-likeness (QED) is 0.668. The summed E-state index contributed by atoms with van der Waals surface area (Å²) < 4.78 is 22.0. The summed E-state index contributed by atoms with van der Waals surface area (Å²) in [5.74, 6) is 0.254. The van der Waals surface area contributed by atoms with Crippen molar-refractivity contribution in [1.29, 1.82) is 0 Å². The molecule has 0 unspecified atom stereocenters. The van der Waals surface area contributed by atoms with Crippen LogP contribution in [0.4, 0.5) is 0 Å². The number of nitrogens with zero attached hydrogens (tertiary/aromatic N) is 1. The lowest BCUT2D eigenvalue weighted by Crippen LogP contribution is -2.36. The van der Waals surface area contributed by atoms with Gasteiger partial charge in [-0.3, -0.25) is 0 Å². The molecule has 0 saturated heterocycles. The molecule has 0 rings (SSSR count). The highest BCUT2D eigenvalue weighted by molar-refractivity contribution is 7.90. The Hall–Kier alpha value is -0.130. The SMILES string of the molecule is CN(CCCCNC(C)(C)C)CCS(C)(=O)=O. The van der Waals surface area contributed by atoms with E-state index < -0.39 is 9.84 Å². The molecule has 0 radical (unpaired) electrons. The molecule has 0 bridgehead atoms. The van der Waals surface area contributed by atoms with Crippen molar-refractivity contribution in [2.75, 3.05) is 38.7 Å². The van der Waals surface area contributed by atoms with Gasteiger partial charge in [-0.1, -0.05) is 0 Å². The molecule has 104 valence electrons. The first-order valence-corrected chi connectivity index (χ1v) is 8.27. The molecule has 0 aliphatic rings. The van der Waals surface area contributed by atoms with Gasteiger partial charge >= 0.3 is 0 Å². The van der Waals surface area contributed by atoms with Crippen LogP contribution in [0.3, 0.4) is 0 Å². The Morgan fingerprint density at radius 2 is 1.71 bits per heavy atom. The van der Waals surface area contributed by atoms with Crippen LogP contribution < -0.4 is 5.32 Å². The van der Waals surface area contributed by atoms with Crippen LogP contribution in [0.25, 0.3) is 0 Å². The van der Waals surface area contributed by atoms with Gasteiger partial charge in [-0.2, -0.15) is 0 Å². The zero-order chi connectivity index (χ0) is 13.5. The van der Waals surface area contributed by atoms with Gasteiger partial charge < -0.3 is 10.2 Å². The molecule has 0 aromatic carbocycles. The lowest BCUT2D eigenvalue weighted by atomic mass is 10.1. The third-order valence-corrected chi connectivity index (χ3v) is 3.39. The maximum atomic E-state index is 11.0. The van der Waals surface area contributed by atoms with E-state index in [0.29, 0.717) is 6.54 Å². The molecule has 0 amide bonds. The average Bonchev–Trinajstić information content (AvgIpc) is 2.11. The fourth-order valence-electron chi connectivity index (χ4n) is 1.40. The molecule has 4 nitrogen and oxygen atoms in total. The summed E-state index contributed by atoms with van der Waals surface area (Å²) in [5, 5.41) is 3.44. The molecule has 0 spiro atoms. The smallest absolute Gasteiger partial charge is 0.148 e. The Morgan fingerprint density at radius 3 is 2.18 bits per heavy atom. The van der Waals surface area contributed by atoms with Crippen LogP contribution in [0, 0.1) is 0 Å². The predicted molar refractivity (Wildman–Crippen MR) is 74.2 cm³/mol. The van der Waals surface area contributed by atoms with Crippen LogP contribution in [0.5, 0.6) is 0 Å². The van der Waals surface area contributed by atoms with Crippen molar-refractivity contribution < 1.29 is 8.42 Å². The normalized spacial score (nSPS) is 13.3. The first-order valence-electron chi connectivity index (χ1n) is 6.21. The first-order chi connectivity index (χ1) is 7.60. The second-order valence-electron chi connectivity index (χ2n) is 5.82. The Balaban J connectivity index is 3.49. The molecule has 0 aliphatic heterocycles. The maximum absolute atomic E-state index is 11.0. The number of sulfone groups is 1. The van der Waals surface area contributed by atoms with E-state index in [2.05, 4.69) is 31.0 Å². The van der Waals surface area contributed by atoms with Gasteiger partial charge in [0.25, 0.3) is 0 Å². The van der Waals surface area contributed by atoms with Gasteiger partial charge in [0.15, 0.2) is 0 Å². The van der Waals surface area contributed by atoms with Gasteiger partial charge in [-0.05, 0) is 53.8 Å². The van der Waals surface area contributed by atoms with Crippen molar-refractivity contribution in [2.24, 2.45) is 0 Å². The second kappa shape index (κ2) is 7.34. The van der Waals surface area contributed by atoms with Crippen molar-refractivity contribution in [3.05, 3.63) is 0 Å². The van der Waals surface area contributed by atoms with E-state index in [-0.39, 0.29) is 11.3 Å². The number of hydrogen-bond donors (Lipinski definition) is 1. The van der Waals surface area contributed by atoms with Gasteiger partial charge in [0.1, 0.15) is 9.84 Å². The van der Waals surface area contributed by atoms with Crippen LogP contribution in [-0.2, 0) is 9.84 Å². The fraction of sp³-hybridized carbons (Fsp3) is 1.00. The van der Waals surface area contributed by atoms with E-state index in [9.17, 15) is 8.42 Å². The highest BCUT2D eigenvalue weighted by Crippen LogP contribution is 1.99. The Bertz CT molecular complexity index is 294. The summed E-state index contributed by atoms with van der Waals surface area (Å²) in [5.41, 5.74) is 0.183. The zero-order valence-corrected chi connectivity index (χ0v) is 12.7. The van der Waals surface area contributed by atoms with Gasteiger partial charge in [0, 0.05) is 18.3 Å². The Morgan fingerprint density at radius 1 is 1.12 bits per heavy atom. The number of nitrogens with one attached hydrogen (secondary N) is 1. The van der Waals surface area contributed by atoms with Crippen LogP contribution in [0.1, 0.15) is 33.6 Å². The average molecular weight is 264 g/mol. The molecular formula is C12H28N2O2S. The van der Waals surface area contributed by atoms with Crippen LogP contribution in [-0.4, -0.2) is 57.5 Å². The minimum atomic E-state index is -2.83. The first kappa shape index (κ1) is 16.9. The molecule has 0 fully saturated rings. The summed E-state index contributed by atoms with van der Waals surface area (Å²) in [6.45, 7) is 9.08. The molecule has 1 N–H and O–H groups in total. The summed E-state index contributed by atoms with van der Waals surface area (Å²) in [7, 11) is -0.853. The highest BCUT2D eigenvalue weighted by Gasteiger charge is 2.08. The van der Waals surface area contributed by atoms with Crippen LogP contribution >= 0.6 is 0 Å². The van der Waals surface area contributed by atoms with E-state index in [1.165, 1.54) is 6.26 Å². The van der Waals surface area contributed by atoms with Gasteiger partial charge in [-0.15, -0.1) is 0 Å². The summed E-state index contributed by atoms with van der Waals surface area (Å²) in [6, 6.07) is 0. The van der Waals surface area contributed by atoms with Crippen molar-refractivity contribution >= 4 is 9.84 Å². The summed E-state index contributed by atoms with van der Waals surface area (Å²) >= 11 is 0. The molecule has 0 aromatic heterocycles. The van der Waals surface area contributed by atoms with Gasteiger partial charge in [-0.25, -0.2) is 8.42 Å². The maximum Gasteiger partial charge on any atom is 0.148 e. The van der Waals surface area contributed by atoms with E-state index >= 15 is 0 Å². The van der Waals surface area contributed by atoms with E-state index in [4.69, 9.17) is 0 Å². The molecule has 0 saturated carbocycles. The monoisotopic (exact) mass is 264 g/mol. The second-order valence-corrected chi connectivity index (χ2v) is 8.08. The lowest BCUT2D eigenvalue weighted by Gasteiger charge is -2.21. The van der Waals surface area contributed by atoms with E-state index in [0.717, 1.165) is 25.9 Å². The standard InChI is InChI=1S/C12H28N2O2S/c1-12(2,3)13-8-6-7-9-14(4)10-11-17(5,15)16/h13H,6-11H2,1-5H3. The van der Waals surface area contributed by atoms with E-state index in [1.54, 1.807) is 0 Å². The summed E-state index contributed by atoms with van der Waals surface area (Å²) in [6.07, 6.45) is 3.51. The predicted octanol–water partition coefficient (Wildman–Crippen LogP) is 1.13. The van der Waals surface area contributed by atoms with Gasteiger partial charge in [0.2, 0.25) is 0 Å². The molecule has 0 heterocycles. The number of hydrogen-bond acceptors (Lipinski definition) is 4. The van der Waals surface area contributed by atoms with Crippen molar-refractivity contribution in [3.63, 3.8) is 0 Å². The van der Waals surface area contributed by atoms with Crippen LogP contribution in [0.2, 0.25) is 0 Å².